The molecule has 0 amide bonds. The second-order valence-corrected chi connectivity index (χ2v) is 14.2. The molecule has 2 aromatic rings. The van der Waals surface area contributed by atoms with E-state index < -0.39 is 31.4 Å². The molecular weight excluding hydrogens is 562 g/mol. The molecule has 2 aliphatic heterocycles. The third-order valence-corrected chi connectivity index (χ3v) is 9.33. The minimum absolute atomic E-state index is 0.201. The van der Waals surface area contributed by atoms with Gasteiger partial charge in [0, 0.05) is 46.7 Å². The molecule has 4 rings (SSSR count). The highest BCUT2D eigenvalue weighted by molar-refractivity contribution is 7.86. The van der Waals surface area contributed by atoms with Crippen LogP contribution in [0, 0.1) is 11.3 Å². The van der Waals surface area contributed by atoms with Crippen LogP contribution in [0.2, 0.25) is 0 Å². The van der Waals surface area contributed by atoms with Crippen LogP contribution in [-0.2, 0) is 31.1 Å². The van der Waals surface area contributed by atoms with Crippen LogP contribution in [0.3, 0.4) is 0 Å². The highest BCUT2D eigenvalue weighted by Crippen LogP contribution is 2.44. The molecule has 2 aliphatic rings. The molecule has 216 valence electrons. The maximum absolute atomic E-state index is 11.8. The van der Waals surface area contributed by atoms with Gasteiger partial charge in [-0.1, -0.05) is 32.1 Å². The van der Waals surface area contributed by atoms with E-state index in [1.54, 1.807) is 12.1 Å². The number of nitriles is 1. The normalized spacial score (nSPS) is 18.6. The van der Waals surface area contributed by atoms with Gasteiger partial charge in [-0.3, -0.25) is 4.55 Å². The lowest BCUT2D eigenvalue weighted by Gasteiger charge is -2.20. The number of fused-ring (bicyclic) bond motifs is 2. The predicted octanol–water partition coefficient (Wildman–Crippen LogP) is 4.91. The van der Waals surface area contributed by atoms with Crippen molar-refractivity contribution >= 4 is 37.3 Å². The van der Waals surface area contributed by atoms with E-state index in [1.807, 2.05) is 60.9 Å². The fourth-order valence-electron chi connectivity index (χ4n) is 5.40. The molecule has 0 saturated heterocycles. The molecule has 0 aromatic heterocycles. The summed E-state index contributed by atoms with van der Waals surface area (Å²) >= 11 is 0. The van der Waals surface area contributed by atoms with Crippen LogP contribution in [0.15, 0.2) is 77.4 Å². The first-order valence-corrected chi connectivity index (χ1v) is 16.1. The lowest BCUT2D eigenvalue weighted by atomic mass is 9.81. The Morgan fingerprint density at radius 3 is 2.37 bits per heavy atom. The Morgan fingerprint density at radius 2 is 1.71 bits per heavy atom. The average molecular weight is 596 g/mol. The van der Waals surface area contributed by atoms with Gasteiger partial charge in [0.2, 0.25) is 5.69 Å². The van der Waals surface area contributed by atoms with Gasteiger partial charge in [0.1, 0.15) is 6.54 Å². The van der Waals surface area contributed by atoms with Crippen LogP contribution in [0.4, 0.5) is 11.4 Å². The summed E-state index contributed by atoms with van der Waals surface area (Å²) in [7, 11) is -8.71. The standard InChI is InChI=1S/C30H33N3O6S2/c1-29(2)23-18-21(20-31)12-14-25(23)32-27(29)10-6-5-7-11-28-30(3,4)24-19-22(41(37,38)39)13-15-26(24)33(28)16-8-9-17-40(34,35)36/h5-7,10-15,18-19H,8-9,16-17H2,1-4H3,(H2,34,35,36,37,38,39). The molecule has 0 fully saturated rings. The Morgan fingerprint density at radius 1 is 0.976 bits per heavy atom. The summed E-state index contributed by atoms with van der Waals surface area (Å²) in [5.74, 6) is -0.451. The molecule has 0 unspecified atom stereocenters. The van der Waals surface area contributed by atoms with Gasteiger partial charge in [-0.25, -0.2) is 8.42 Å². The maximum atomic E-state index is 11.8. The van der Waals surface area contributed by atoms with Gasteiger partial charge >= 0.3 is 0 Å². The van der Waals surface area contributed by atoms with Crippen molar-refractivity contribution < 1.29 is 30.5 Å². The van der Waals surface area contributed by atoms with Crippen LogP contribution in [0.25, 0.3) is 0 Å². The van der Waals surface area contributed by atoms with E-state index in [2.05, 4.69) is 25.2 Å². The Bertz CT molecular complexity index is 1770. The lowest BCUT2D eigenvalue weighted by molar-refractivity contribution is -0.438. The van der Waals surface area contributed by atoms with Crippen molar-refractivity contribution in [2.24, 2.45) is 0 Å². The van der Waals surface area contributed by atoms with Crippen molar-refractivity contribution in [2.45, 2.75) is 56.3 Å². The Hall–Kier alpha value is -3.56. The molecule has 0 bridgehead atoms. The first kappa shape index (κ1) is 30.4. The van der Waals surface area contributed by atoms with E-state index in [0.29, 0.717) is 24.1 Å². The molecule has 41 heavy (non-hydrogen) atoms. The summed E-state index contributed by atoms with van der Waals surface area (Å²) in [5.41, 5.74) is 5.01. The summed E-state index contributed by atoms with van der Waals surface area (Å²) in [5, 5.41) is 12.7. The quantitative estimate of drug-likeness (QED) is 0.180. The Labute approximate surface area is 241 Å². The molecule has 9 nitrogen and oxygen atoms in total. The van der Waals surface area contributed by atoms with Gasteiger partial charge < -0.3 is 9.87 Å². The summed E-state index contributed by atoms with van der Waals surface area (Å²) < 4.78 is 68.4. The van der Waals surface area contributed by atoms with Crippen LogP contribution >= 0.6 is 0 Å². The second-order valence-electron chi connectivity index (χ2n) is 11.2. The minimum Gasteiger partial charge on any atom is -0.748 e. The molecule has 11 heteroatoms. The monoisotopic (exact) mass is 595 g/mol. The third-order valence-electron chi connectivity index (χ3n) is 7.69. The van der Waals surface area contributed by atoms with E-state index >= 15 is 0 Å². The Balaban J connectivity index is 1.62. The first-order chi connectivity index (χ1) is 19.1. The number of unbranched alkanes of at least 4 members (excludes halogenated alkanes) is 1. The van der Waals surface area contributed by atoms with Gasteiger partial charge in [0.05, 0.1) is 32.1 Å². The molecule has 2 N–H and O–H groups in total. The van der Waals surface area contributed by atoms with Crippen molar-refractivity contribution in [2.75, 3.05) is 17.6 Å². The van der Waals surface area contributed by atoms with E-state index in [4.69, 9.17) is 0 Å². The van der Waals surface area contributed by atoms with Crippen molar-refractivity contribution in [3.63, 3.8) is 0 Å². The summed E-state index contributed by atoms with van der Waals surface area (Å²) in [4.78, 5) is -0.201. The number of anilines is 1. The first-order valence-electron chi connectivity index (χ1n) is 13.1. The molecule has 2 aromatic carbocycles. The topological polar surface area (TPSA) is 150 Å². The minimum atomic E-state index is -4.40. The zero-order valence-corrected chi connectivity index (χ0v) is 25.0. The molecule has 0 saturated carbocycles. The van der Waals surface area contributed by atoms with E-state index in [0.717, 1.165) is 28.3 Å². The number of hydrogen-bond donors (Lipinski definition) is 2. The SMILES string of the molecule is CC1(C)C(/C=C/C=C/C=C2/Nc3ccc(C#N)cc3C2(C)C)=[N+](CCCCS(=O)(=O)[O-])c2ccc(S(=O)(=O)O)cc21. The van der Waals surface area contributed by atoms with E-state index in [-0.39, 0.29) is 16.7 Å². The summed E-state index contributed by atoms with van der Waals surface area (Å²) in [6, 6.07) is 12.2. The number of benzene rings is 2. The fraction of sp³-hybridized carbons (Fsp3) is 0.333. The molecule has 0 atom stereocenters. The molecular formula is C30H33N3O6S2. The number of nitrogens with one attached hydrogen (secondary N) is 1. The summed E-state index contributed by atoms with van der Waals surface area (Å²) in [6.45, 7) is 8.50. The molecule has 0 aliphatic carbocycles. The van der Waals surface area contributed by atoms with Crippen molar-refractivity contribution in [1.29, 1.82) is 5.26 Å². The van der Waals surface area contributed by atoms with Gasteiger partial charge in [-0.2, -0.15) is 18.3 Å². The zero-order chi connectivity index (χ0) is 30.2. The molecule has 0 spiro atoms. The average Bonchev–Trinajstić information content (AvgIpc) is 3.26. The van der Waals surface area contributed by atoms with Crippen molar-refractivity contribution in [1.82, 2.24) is 0 Å². The van der Waals surface area contributed by atoms with Crippen LogP contribution in [0.1, 0.15) is 57.2 Å². The second kappa shape index (κ2) is 11.0. The number of nitrogens with zero attached hydrogens (tertiary/aromatic N) is 2. The van der Waals surface area contributed by atoms with Crippen molar-refractivity contribution in [3.05, 3.63) is 89.2 Å². The maximum Gasteiger partial charge on any atom is 0.294 e. The van der Waals surface area contributed by atoms with Crippen LogP contribution in [0.5, 0.6) is 0 Å². The lowest BCUT2D eigenvalue weighted by Crippen LogP contribution is -2.28. The number of allylic oxidation sites excluding steroid dienone is 6. The number of rotatable bonds is 9. The fourth-order valence-corrected chi connectivity index (χ4v) is 6.47. The predicted molar refractivity (Wildman–Crippen MR) is 157 cm³/mol. The van der Waals surface area contributed by atoms with Crippen LogP contribution < -0.4 is 5.32 Å². The van der Waals surface area contributed by atoms with Crippen molar-refractivity contribution in [3.8, 4) is 6.07 Å². The summed E-state index contributed by atoms with van der Waals surface area (Å²) in [6.07, 6.45) is 10.2. The Kier molecular flexibility index (Phi) is 8.17. The smallest absolute Gasteiger partial charge is 0.294 e. The third kappa shape index (κ3) is 6.36. The zero-order valence-electron chi connectivity index (χ0n) is 23.4. The van der Waals surface area contributed by atoms with Crippen LogP contribution in [-0.4, -0.2) is 48.5 Å². The van der Waals surface area contributed by atoms with Gasteiger partial charge in [-0.05, 0) is 62.2 Å². The molecule has 0 radical (unpaired) electrons. The van der Waals surface area contributed by atoms with Gasteiger partial charge in [-0.15, -0.1) is 0 Å². The number of hydrogen-bond acceptors (Lipinski definition) is 7. The van der Waals surface area contributed by atoms with Gasteiger partial charge in [0.15, 0.2) is 5.71 Å². The van der Waals surface area contributed by atoms with Gasteiger partial charge in [0.25, 0.3) is 10.1 Å². The largest absolute Gasteiger partial charge is 0.748 e. The molecule has 2 heterocycles. The van der Waals surface area contributed by atoms with E-state index in [1.165, 1.54) is 12.1 Å². The van der Waals surface area contributed by atoms with E-state index in [9.17, 15) is 31.2 Å². The highest BCUT2D eigenvalue weighted by Gasteiger charge is 2.44. The highest BCUT2D eigenvalue weighted by atomic mass is 32.2.